The highest BCUT2D eigenvalue weighted by Crippen LogP contribution is 2.33. The first-order valence-corrected chi connectivity index (χ1v) is 7.81. The molecule has 0 aliphatic carbocycles. The first-order valence-electron chi connectivity index (χ1n) is 6.46. The summed E-state index contributed by atoms with van der Waals surface area (Å²) in [6, 6.07) is 8.21. The van der Waals surface area contributed by atoms with Gasteiger partial charge in [-0.2, -0.15) is 0 Å². The van der Waals surface area contributed by atoms with Crippen molar-refractivity contribution >= 4 is 22.9 Å². The van der Waals surface area contributed by atoms with E-state index in [1.807, 2.05) is 12.1 Å². The van der Waals surface area contributed by atoms with E-state index < -0.39 is 0 Å². The van der Waals surface area contributed by atoms with Gasteiger partial charge in [-0.15, -0.1) is 33.1 Å². The Morgan fingerprint density at radius 1 is 1.32 bits per heavy atom. The molecule has 0 fully saturated rings. The normalized spacial score (nSPS) is 17.8. The van der Waals surface area contributed by atoms with Crippen LogP contribution in [0.4, 0.5) is 0 Å². The van der Waals surface area contributed by atoms with Gasteiger partial charge in [-0.25, -0.2) is 0 Å². The van der Waals surface area contributed by atoms with Crippen LogP contribution in [0.5, 0.6) is 5.75 Å². The third-order valence-electron chi connectivity index (χ3n) is 3.23. The molecule has 3 nitrogen and oxygen atoms in total. The summed E-state index contributed by atoms with van der Waals surface area (Å²) in [6.07, 6.45) is 2.87. The monoisotopic (exact) mass is 294 g/mol. The van der Waals surface area contributed by atoms with Crippen LogP contribution >= 0.6 is 22.9 Å². The largest absolute Gasteiger partial charge is 0.493 e. The predicted octanol–water partition coefficient (Wildman–Crippen LogP) is 3.43. The quantitative estimate of drug-likeness (QED) is 0.810. The number of ether oxygens (including phenoxy) is 1. The molecule has 100 valence electrons. The zero-order valence-corrected chi connectivity index (χ0v) is 12.1. The predicted molar refractivity (Wildman–Crippen MR) is 77.3 cm³/mol. The molecule has 0 spiro atoms. The lowest BCUT2D eigenvalue weighted by Crippen LogP contribution is -2.18. The Kier molecular flexibility index (Phi) is 3.99. The van der Waals surface area contributed by atoms with Gasteiger partial charge in [-0.1, -0.05) is 18.2 Å². The molecule has 0 saturated carbocycles. The molecule has 1 aliphatic rings. The van der Waals surface area contributed by atoms with E-state index in [-0.39, 0.29) is 0 Å². The van der Waals surface area contributed by atoms with Gasteiger partial charge in [0.05, 0.1) is 12.5 Å². The number of aryl methyl sites for hydroxylation is 1. The first kappa shape index (κ1) is 12.9. The second-order valence-corrected chi connectivity index (χ2v) is 6.12. The van der Waals surface area contributed by atoms with Crippen LogP contribution in [-0.4, -0.2) is 22.7 Å². The fourth-order valence-electron chi connectivity index (χ4n) is 2.24. The summed E-state index contributed by atoms with van der Waals surface area (Å²) in [4.78, 5) is 0. The lowest BCUT2D eigenvalue weighted by molar-refractivity contribution is 0.262. The lowest BCUT2D eigenvalue weighted by Gasteiger charge is -2.23. The molecule has 1 aliphatic heterocycles. The minimum Gasteiger partial charge on any atom is -0.493 e. The zero-order chi connectivity index (χ0) is 13.1. The zero-order valence-electron chi connectivity index (χ0n) is 10.5. The molecule has 0 bridgehead atoms. The van der Waals surface area contributed by atoms with Crippen molar-refractivity contribution in [2.45, 2.75) is 25.2 Å². The fraction of sp³-hybridized carbons (Fsp3) is 0.429. The first-order chi connectivity index (χ1) is 9.36. The molecule has 1 aromatic carbocycles. The Labute approximate surface area is 121 Å². The number of hydrogen-bond acceptors (Lipinski definition) is 4. The highest BCUT2D eigenvalue weighted by molar-refractivity contribution is 7.11. The Morgan fingerprint density at radius 2 is 2.21 bits per heavy atom. The number of hydrogen-bond donors (Lipinski definition) is 0. The summed E-state index contributed by atoms with van der Waals surface area (Å²) in [5.74, 6) is 2.01. The number of fused-ring (bicyclic) bond motifs is 1. The summed E-state index contributed by atoms with van der Waals surface area (Å²) in [5, 5.41) is 10.7. The number of rotatable bonds is 4. The van der Waals surface area contributed by atoms with Crippen LogP contribution in [0, 0.1) is 0 Å². The summed E-state index contributed by atoms with van der Waals surface area (Å²) in [6.45, 7) is 0.696. The molecule has 0 N–H and O–H groups in total. The van der Waals surface area contributed by atoms with E-state index in [2.05, 4.69) is 22.3 Å². The number of para-hydroxylation sites is 1. The van der Waals surface area contributed by atoms with Gasteiger partial charge < -0.3 is 4.74 Å². The van der Waals surface area contributed by atoms with Gasteiger partial charge in [0.2, 0.25) is 0 Å². The van der Waals surface area contributed by atoms with Crippen molar-refractivity contribution in [3.8, 4) is 5.75 Å². The standard InChI is InChI=1S/C14H15ClN2OS/c15-7-3-6-13-16-17-14(19-13)11-8-10-4-1-2-5-12(10)18-9-11/h1-2,4-5,11H,3,6-9H2. The maximum Gasteiger partial charge on any atom is 0.124 e. The third-order valence-corrected chi connectivity index (χ3v) is 4.65. The van der Waals surface area contributed by atoms with Crippen LogP contribution in [0.15, 0.2) is 24.3 Å². The van der Waals surface area contributed by atoms with Crippen LogP contribution in [0.3, 0.4) is 0 Å². The maximum atomic E-state index is 5.80. The molecule has 1 atom stereocenters. The van der Waals surface area contributed by atoms with E-state index in [1.54, 1.807) is 11.3 Å². The van der Waals surface area contributed by atoms with Crippen molar-refractivity contribution in [2.24, 2.45) is 0 Å². The number of aromatic nitrogens is 2. The molecule has 5 heteroatoms. The van der Waals surface area contributed by atoms with Gasteiger partial charge in [0.25, 0.3) is 0 Å². The van der Waals surface area contributed by atoms with Crippen LogP contribution in [0.1, 0.15) is 27.9 Å². The minimum absolute atomic E-state index is 0.331. The Balaban J connectivity index is 1.72. The molecule has 0 saturated heterocycles. The van der Waals surface area contributed by atoms with Crippen molar-refractivity contribution < 1.29 is 4.74 Å². The average molecular weight is 295 g/mol. The van der Waals surface area contributed by atoms with Gasteiger partial charge in [-0.3, -0.25) is 0 Å². The van der Waals surface area contributed by atoms with Crippen LogP contribution in [0.2, 0.25) is 0 Å². The summed E-state index contributed by atoms with van der Waals surface area (Å²) >= 11 is 7.39. The maximum absolute atomic E-state index is 5.80. The second-order valence-electron chi connectivity index (χ2n) is 4.65. The SMILES string of the molecule is ClCCCc1nnc(C2COc3ccccc3C2)s1. The summed E-state index contributed by atoms with van der Waals surface area (Å²) in [7, 11) is 0. The third kappa shape index (κ3) is 2.90. The van der Waals surface area contributed by atoms with E-state index in [0.29, 0.717) is 18.4 Å². The van der Waals surface area contributed by atoms with Gasteiger partial charge in [0, 0.05) is 12.3 Å². The summed E-state index contributed by atoms with van der Waals surface area (Å²) < 4.78 is 5.80. The van der Waals surface area contributed by atoms with E-state index >= 15 is 0 Å². The van der Waals surface area contributed by atoms with Gasteiger partial charge in [0.1, 0.15) is 15.8 Å². The second kappa shape index (κ2) is 5.88. The van der Waals surface area contributed by atoms with E-state index in [1.165, 1.54) is 5.56 Å². The van der Waals surface area contributed by atoms with Crippen molar-refractivity contribution in [3.63, 3.8) is 0 Å². The van der Waals surface area contributed by atoms with Gasteiger partial charge in [-0.05, 0) is 24.5 Å². The molecule has 1 unspecified atom stereocenters. The highest BCUT2D eigenvalue weighted by atomic mass is 35.5. The molecule has 1 aromatic heterocycles. The van der Waals surface area contributed by atoms with E-state index in [4.69, 9.17) is 16.3 Å². The Morgan fingerprint density at radius 3 is 3.11 bits per heavy atom. The smallest absolute Gasteiger partial charge is 0.124 e. The molecule has 2 heterocycles. The van der Waals surface area contributed by atoms with Crippen LogP contribution < -0.4 is 4.74 Å². The topological polar surface area (TPSA) is 35.0 Å². The fourth-order valence-corrected chi connectivity index (χ4v) is 3.34. The Bertz CT molecular complexity index is 558. The molecule has 0 amide bonds. The molecule has 0 radical (unpaired) electrons. The lowest BCUT2D eigenvalue weighted by atomic mass is 9.97. The molecule has 3 rings (SSSR count). The number of alkyl halides is 1. The molecular weight excluding hydrogens is 280 g/mol. The van der Waals surface area contributed by atoms with E-state index in [0.717, 1.165) is 35.0 Å². The van der Waals surface area contributed by atoms with Gasteiger partial charge >= 0.3 is 0 Å². The van der Waals surface area contributed by atoms with Crippen molar-refractivity contribution in [1.82, 2.24) is 10.2 Å². The number of halogens is 1. The molecular formula is C14H15ClN2OS. The average Bonchev–Trinajstić information content (AvgIpc) is 2.93. The number of nitrogens with zero attached hydrogens (tertiary/aromatic N) is 2. The van der Waals surface area contributed by atoms with Crippen molar-refractivity contribution in [3.05, 3.63) is 39.8 Å². The van der Waals surface area contributed by atoms with Gasteiger partial charge in [0.15, 0.2) is 0 Å². The minimum atomic E-state index is 0.331. The van der Waals surface area contributed by atoms with Crippen molar-refractivity contribution in [2.75, 3.05) is 12.5 Å². The molecule has 2 aromatic rings. The van der Waals surface area contributed by atoms with Crippen LogP contribution in [-0.2, 0) is 12.8 Å². The molecule has 19 heavy (non-hydrogen) atoms. The van der Waals surface area contributed by atoms with Crippen LogP contribution in [0.25, 0.3) is 0 Å². The van der Waals surface area contributed by atoms with E-state index in [9.17, 15) is 0 Å². The number of benzene rings is 1. The highest BCUT2D eigenvalue weighted by Gasteiger charge is 2.24. The summed E-state index contributed by atoms with van der Waals surface area (Å²) in [5.41, 5.74) is 1.26. The van der Waals surface area contributed by atoms with Crippen molar-refractivity contribution in [1.29, 1.82) is 0 Å². The Hall–Kier alpha value is -1.13.